The summed E-state index contributed by atoms with van der Waals surface area (Å²) in [6.07, 6.45) is 0.109. The third-order valence-electron chi connectivity index (χ3n) is 1.72. The maximum absolute atomic E-state index is 5.85. The molecule has 4 heteroatoms. The second-order valence-corrected chi connectivity index (χ2v) is 3.88. The summed E-state index contributed by atoms with van der Waals surface area (Å²) in [4.78, 5) is 0. The number of nitrogens with one attached hydrogen (secondary N) is 1. The standard InChI is InChI=1S/C10H13Cl2NO/c1-7(6-13-2)14-8-3-4-9(11)10(12)5-8/h3-5,7,13H,6H2,1-2H3. The number of likely N-dealkylation sites (N-methyl/N-ethyl adjacent to an activating group) is 1. The lowest BCUT2D eigenvalue weighted by molar-refractivity contribution is 0.220. The minimum Gasteiger partial charge on any atom is -0.489 e. The molecule has 1 aromatic rings. The van der Waals surface area contributed by atoms with Gasteiger partial charge in [-0.15, -0.1) is 0 Å². The second-order valence-electron chi connectivity index (χ2n) is 3.06. The van der Waals surface area contributed by atoms with Crippen LogP contribution in [0.2, 0.25) is 10.0 Å². The van der Waals surface area contributed by atoms with Crippen molar-refractivity contribution < 1.29 is 4.74 Å². The highest BCUT2D eigenvalue weighted by Gasteiger charge is 2.04. The van der Waals surface area contributed by atoms with Crippen molar-refractivity contribution in [1.29, 1.82) is 0 Å². The predicted octanol–water partition coefficient (Wildman–Crippen LogP) is 2.98. The van der Waals surface area contributed by atoms with Crippen LogP contribution in [0.3, 0.4) is 0 Å². The third-order valence-corrected chi connectivity index (χ3v) is 2.46. The van der Waals surface area contributed by atoms with Gasteiger partial charge in [-0.3, -0.25) is 0 Å². The molecule has 2 nitrogen and oxygen atoms in total. The molecule has 0 bridgehead atoms. The summed E-state index contributed by atoms with van der Waals surface area (Å²) in [5.74, 6) is 0.738. The molecule has 78 valence electrons. The van der Waals surface area contributed by atoms with Gasteiger partial charge in [0.1, 0.15) is 11.9 Å². The van der Waals surface area contributed by atoms with Gasteiger partial charge in [-0.1, -0.05) is 23.2 Å². The van der Waals surface area contributed by atoms with Gasteiger partial charge in [0.2, 0.25) is 0 Å². The van der Waals surface area contributed by atoms with E-state index in [-0.39, 0.29) is 6.10 Å². The van der Waals surface area contributed by atoms with E-state index in [1.807, 2.05) is 14.0 Å². The smallest absolute Gasteiger partial charge is 0.121 e. The lowest BCUT2D eigenvalue weighted by Gasteiger charge is -2.14. The maximum atomic E-state index is 5.85. The van der Waals surface area contributed by atoms with Crippen molar-refractivity contribution in [3.63, 3.8) is 0 Å². The number of ether oxygens (including phenoxy) is 1. The monoisotopic (exact) mass is 233 g/mol. The Morgan fingerprint density at radius 3 is 2.64 bits per heavy atom. The molecule has 0 spiro atoms. The normalized spacial score (nSPS) is 12.6. The van der Waals surface area contributed by atoms with Crippen LogP contribution in [0.1, 0.15) is 6.92 Å². The van der Waals surface area contributed by atoms with E-state index in [0.717, 1.165) is 12.3 Å². The molecule has 14 heavy (non-hydrogen) atoms. The van der Waals surface area contributed by atoms with Crippen molar-refractivity contribution in [3.8, 4) is 5.75 Å². The molecule has 0 fully saturated rings. The average molecular weight is 234 g/mol. The Balaban J connectivity index is 2.63. The van der Waals surface area contributed by atoms with Crippen LogP contribution in [-0.4, -0.2) is 19.7 Å². The summed E-state index contributed by atoms with van der Waals surface area (Å²) >= 11 is 11.6. The van der Waals surface area contributed by atoms with Crippen molar-refractivity contribution in [1.82, 2.24) is 5.32 Å². The van der Waals surface area contributed by atoms with Crippen LogP contribution in [0.5, 0.6) is 5.75 Å². The Morgan fingerprint density at radius 2 is 2.07 bits per heavy atom. The van der Waals surface area contributed by atoms with Crippen molar-refractivity contribution in [2.75, 3.05) is 13.6 Å². The SMILES string of the molecule is CNCC(C)Oc1ccc(Cl)c(Cl)c1. The zero-order chi connectivity index (χ0) is 10.6. The van der Waals surface area contributed by atoms with Crippen LogP contribution in [0.4, 0.5) is 0 Å². The highest BCUT2D eigenvalue weighted by atomic mass is 35.5. The van der Waals surface area contributed by atoms with Crippen molar-refractivity contribution in [2.24, 2.45) is 0 Å². The van der Waals surface area contributed by atoms with Crippen LogP contribution in [0.15, 0.2) is 18.2 Å². The Labute approximate surface area is 94.2 Å². The first-order valence-electron chi connectivity index (χ1n) is 4.39. The Bertz CT molecular complexity index is 304. The summed E-state index contributed by atoms with van der Waals surface area (Å²) in [6.45, 7) is 2.78. The summed E-state index contributed by atoms with van der Waals surface area (Å²) in [5, 5.41) is 4.09. The summed E-state index contributed by atoms with van der Waals surface area (Å²) < 4.78 is 5.58. The van der Waals surface area contributed by atoms with Gasteiger partial charge < -0.3 is 10.1 Å². The fourth-order valence-electron chi connectivity index (χ4n) is 1.11. The number of hydrogen-bond acceptors (Lipinski definition) is 2. The van der Waals surface area contributed by atoms with E-state index < -0.39 is 0 Å². The number of rotatable bonds is 4. The Morgan fingerprint density at radius 1 is 1.36 bits per heavy atom. The predicted molar refractivity (Wildman–Crippen MR) is 60.5 cm³/mol. The molecule has 0 aromatic heterocycles. The van der Waals surface area contributed by atoms with E-state index in [1.54, 1.807) is 18.2 Å². The number of benzene rings is 1. The lowest BCUT2D eigenvalue weighted by Crippen LogP contribution is -2.25. The minimum atomic E-state index is 0.109. The highest BCUT2D eigenvalue weighted by Crippen LogP contribution is 2.26. The highest BCUT2D eigenvalue weighted by molar-refractivity contribution is 6.42. The zero-order valence-corrected chi connectivity index (χ0v) is 9.69. The van der Waals surface area contributed by atoms with E-state index in [0.29, 0.717) is 10.0 Å². The molecule has 0 saturated carbocycles. The van der Waals surface area contributed by atoms with Gasteiger partial charge in [0.05, 0.1) is 10.0 Å². The topological polar surface area (TPSA) is 21.3 Å². The molecule has 1 unspecified atom stereocenters. The molecular formula is C10H13Cl2NO. The van der Waals surface area contributed by atoms with E-state index in [9.17, 15) is 0 Å². The molecule has 1 rings (SSSR count). The molecule has 1 N–H and O–H groups in total. The number of hydrogen-bond donors (Lipinski definition) is 1. The molecule has 0 radical (unpaired) electrons. The van der Waals surface area contributed by atoms with Crippen molar-refractivity contribution in [2.45, 2.75) is 13.0 Å². The molecule has 1 atom stereocenters. The molecule has 0 aliphatic carbocycles. The molecule has 0 aliphatic heterocycles. The first kappa shape index (κ1) is 11.6. The van der Waals surface area contributed by atoms with Gasteiger partial charge >= 0.3 is 0 Å². The summed E-state index contributed by atoms with van der Waals surface area (Å²) in [7, 11) is 1.88. The quantitative estimate of drug-likeness (QED) is 0.864. The average Bonchev–Trinajstić information content (AvgIpc) is 2.12. The molecule has 0 amide bonds. The fraction of sp³-hybridized carbons (Fsp3) is 0.400. The largest absolute Gasteiger partial charge is 0.489 e. The summed E-state index contributed by atoms with van der Waals surface area (Å²) in [5.41, 5.74) is 0. The molecule has 0 saturated heterocycles. The van der Waals surface area contributed by atoms with Gasteiger partial charge in [0.25, 0.3) is 0 Å². The van der Waals surface area contributed by atoms with Gasteiger partial charge in [-0.05, 0) is 26.1 Å². The van der Waals surface area contributed by atoms with Crippen LogP contribution in [0.25, 0.3) is 0 Å². The van der Waals surface area contributed by atoms with Crippen molar-refractivity contribution in [3.05, 3.63) is 28.2 Å². The fourth-order valence-corrected chi connectivity index (χ4v) is 1.40. The molecule has 1 aromatic carbocycles. The van der Waals surface area contributed by atoms with E-state index in [2.05, 4.69) is 5.32 Å². The zero-order valence-electron chi connectivity index (χ0n) is 8.18. The number of halogens is 2. The molecule has 0 aliphatic rings. The molecular weight excluding hydrogens is 221 g/mol. The van der Waals surface area contributed by atoms with E-state index >= 15 is 0 Å². The third kappa shape index (κ3) is 3.37. The van der Waals surface area contributed by atoms with Gasteiger partial charge in [-0.2, -0.15) is 0 Å². The minimum absolute atomic E-state index is 0.109. The molecule has 0 heterocycles. The van der Waals surface area contributed by atoms with Crippen LogP contribution < -0.4 is 10.1 Å². The lowest BCUT2D eigenvalue weighted by atomic mass is 10.3. The Kier molecular flexibility index (Phi) is 4.52. The van der Waals surface area contributed by atoms with Crippen LogP contribution >= 0.6 is 23.2 Å². The van der Waals surface area contributed by atoms with Gasteiger partial charge in [0, 0.05) is 12.6 Å². The summed E-state index contributed by atoms with van der Waals surface area (Å²) in [6, 6.07) is 5.25. The second kappa shape index (κ2) is 5.44. The van der Waals surface area contributed by atoms with Gasteiger partial charge in [-0.25, -0.2) is 0 Å². The van der Waals surface area contributed by atoms with E-state index in [1.165, 1.54) is 0 Å². The van der Waals surface area contributed by atoms with Gasteiger partial charge in [0.15, 0.2) is 0 Å². The van der Waals surface area contributed by atoms with Crippen LogP contribution in [0, 0.1) is 0 Å². The van der Waals surface area contributed by atoms with Crippen LogP contribution in [-0.2, 0) is 0 Å². The first-order chi connectivity index (χ1) is 6.63. The Hall–Kier alpha value is -0.440. The van der Waals surface area contributed by atoms with Crippen molar-refractivity contribution >= 4 is 23.2 Å². The maximum Gasteiger partial charge on any atom is 0.121 e. The first-order valence-corrected chi connectivity index (χ1v) is 5.15. The van der Waals surface area contributed by atoms with E-state index in [4.69, 9.17) is 27.9 Å².